The maximum absolute atomic E-state index is 10.0. The summed E-state index contributed by atoms with van der Waals surface area (Å²) in [5, 5.41) is 13.9. The van der Waals surface area contributed by atoms with Crippen molar-refractivity contribution in [1.29, 1.82) is 0 Å². The highest BCUT2D eigenvalue weighted by atomic mass is 31.1. The third-order valence-electron chi connectivity index (χ3n) is 3.55. The van der Waals surface area contributed by atoms with E-state index in [9.17, 15) is 5.11 Å². The van der Waals surface area contributed by atoms with Crippen molar-refractivity contribution in [3.8, 4) is 0 Å². The molecule has 0 amide bonds. The van der Waals surface area contributed by atoms with E-state index in [4.69, 9.17) is 0 Å². The van der Waals surface area contributed by atoms with Crippen LogP contribution in [0.4, 0.5) is 0 Å². The maximum atomic E-state index is 10.0. The first-order valence-corrected chi connectivity index (χ1v) is 8.45. The molecule has 2 aromatic carbocycles. The topological polar surface area (TPSA) is 20.2 Å². The van der Waals surface area contributed by atoms with Crippen molar-refractivity contribution in [3.05, 3.63) is 90.1 Å². The van der Waals surface area contributed by atoms with E-state index in [0.29, 0.717) is 0 Å². The zero-order chi connectivity index (χ0) is 14.7. The van der Waals surface area contributed by atoms with Gasteiger partial charge in [-0.05, 0) is 36.3 Å². The monoisotopic (exact) mass is 293 g/mol. The minimum Gasteiger partial charge on any atom is -0.389 e. The third-order valence-corrected chi connectivity index (χ3v) is 6.06. The molecule has 2 heteroatoms. The Morgan fingerprint density at radius 3 is 1.81 bits per heavy atom. The number of aliphatic hydroxyl groups excluding tert-OH is 1. The molecule has 3 rings (SSSR count). The van der Waals surface area contributed by atoms with Crippen molar-refractivity contribution >= 4 is 18.5 Å². The molecular weight excluding hydrogens is 275 g/mol. The van der Waals surface area contributed by atoms with Crippen LogP contribution in [0.5, 0.6) is 0 Å². The quantitative estimate of drug-likeness (QED) is 0.855. The Kier molecular flexibility index (Phi) is 4.34. The van der Waals surface area contributed by atoms with E-state index in [1.807, 2.05) is 31.6 Å². The molecule has 1 aliphatic rings. The normalized spacial score (nSPS) is 15.8. The first-order chi connectivity index (χ1) is 10.3. The molecule has 0 bridgehead atoms. The van der Waals surface area contributed by atoms with Gasteiger partial charge in [-0.15, -0.1) is 0 Å². The van der Waals surface area contributed by atoms with Crippen molar-refractivity contribution < 1.29 is 5.11 Å². The molecule has 21 heavy (non-hydrogen) atoms. The second-order valence-corrected chi connectivity index (χ2v) is 7.23. The van der Waals surface area contributed by atoms with Crippen molar-refractivity contribution in [3.63, 3.8) is 0 Å². The predicted molar refractivity (Wildman–Crippen MR) is 91.2 cm³/mol. The molecule has 1 N–H and O–H groups in total. The molecule has 0 saturated carbocycles. The summed E-state index contributed by atoms with van der Waals surface area (Å²) in [6, 6.07) is 21.1. The Bertz CT molecular complexity index is 617. The summed E-state index contributed by atoms with van der Waals surface area (Å²) in [5.41, 5.74) is 1.04. The van der Waals surface area contributed by atoms with Crippen molar-refractivity contribution in [2.45, 2.75) is 13.0 Å². The van der Waals surface area contributed by atoms with Gasteiger partial charge in [0, 0.05) is 6.42 Å². The number of aliphatic hydroxyl groups is 1. The van der Waals surface area contributed by atoms with Gasteiger partial charge < -0.3 is 5.11 Å². The van der Waals surface area contributed by atoms with Crippen molar-refractivity contribution in [2.75, 3.05) is 0 Å². The minimum atomic E-state index is -0.622. The van der Waals surface area contributed by atoms with Gasteiger partial charge in [0.1, 0.15) is 0 Å². The zero-order valence-electron chi connectivity index (χ0n) is 12.0. The number of hydrogen-bond acceptors (Lipinski definition) is 1. The molecule has 1 nitrogen and oxygen atoms in total. The van der Waals surface area contributed by atoms with Gasteiger partial charge in [0.15, 0.2) is 0 Å². The lowest BCUT2D eigenvalue weighted by Crippen LogP contribution is -2.16. The van der Waals surface area contributed by atoms with Crippen molar-refractivity contribution in [2.24, 2.45) is 0 Å². The molecule has 1 radical (unpaired) electrons. The number of rotatable bonds is 4. The Hall–Kier alpha value is -1.69. The van der Waals surface area contributed by atoms with Crippen LogP contribution in [0.25, 0.3) is 0 Å². The summed E-state index contributed by atoms with van der Waals surface area (Å²) in [6.07, 6.45) is 5.78. The van der Waals surface area contributed by atoms with Gasteiger partial charge in [-0.3, -0.25) is 0 Å². The predicted octanol–water partition coefficient (Wildman–Crippen LogP) is 3.53. The summed E-state index contributed by atoms with van der Waals surface area (Å²) in [6.45, 7) is 1.84. The highest BCUT2D eigenvalue weighted by molar-refractivity contribution is 7.77. The highest BCUT2D eigenvalue weighted by Gasteiger charge is 2.25. The summed E-state index contributed by atoms with van der Waals surface area (Å²) in [5.74, 6) is 0. The average Bonchev–Trinajstić information content (AvgIpc) is 2.99. The molecule has 0 fully saturated rings. The van der Waals surface area contributed by atoms with Gasteiger partial charge in [-0.1, -0.05) is 72.8 Å². The molecule has 105 valence electrons. The summed E-state index contributed by atoms with van der Waals surface area (Å²) in [7, 11) is -0.622. The summed E-state index contributed by atoms with van der Waals surface area (Å²) < 4.78 is 0. The molecule has 1 aliphatic carbocycles. The van der Waals surface area contributed by atoms with E-state index in [-0.39, 0.29) is 0 Å². The van der Waals surface area contributed by atoms with E-state index in [2.05, 4.69) is 54.6 Å². The lowest BCUT2D eigenvalue weighted by atomic mass is 10.2. The van der Waals surface area contributed by atoms with Crippen LogP contribution in [0.15, 0.2) is 83.7 Å². The van der Waals surface area contributed by atoms with Crippen LogP contribution in [0.1, 0.15) is 6.92 Å². The van der Waals surface area contributed by atoms with Crippen LogP contribution in [0.2, 0.25) is 0 Å². The summed E-state index contributed by atoms with van der Waals surface area (Å²) >= 11 is 0. The zero-order valence-corrected chi connectivity index (χ0v) is 12.9. The Morgan fingerprint density at radius 1 is 0.810 bits per heavy atom. The van der Waals surface area contributed by atoms with Gasteiger partial charge >= 0.3 is 0 Å². The number of hydrogen-bond donors (Lipinski definition) is 1. The largest absolute Gasteiger partial charge is 0.389 e. The van der Waals surface area contributed by atoms with Gasteiger partial charge in [-0.2, -0.15) is 0 Å². The van der Waals surface area contributed by atoms with E-state index in [0.717, 1.165) is 5.57 Å². The van der Waals surface area contributed by atoms with Gasteiger partial charge in [0.05, 0.1) is 6.10 Å². The van der Waals surface area contributed by atoms with E-state index in [1.54, 1.807) is 0 Å². The van der Waals surface area contributed by atoms with Crippen LogP contribution in [0, 0.1) is 6.42 Å². The molecule has 0 aromatic heterocycles. The van der Waals surface area contributed by atoms with Crippen LogP contribution in [-0.4, -0.2) is 11.2 Å². The van der Waals surface area contributed by atoms with Crippen LogP contribution < -0.4 is 10.6 Å². The van der Waals surface area contributed by atoms with E-state index >= 15 is 0 Å². The number of benzene rings is 2. The second-order valence-electron chi connectivity index (χ2n) is 5.05. The molecule has 0 heterocycles. The molecule has 1 atom stereocenters. The molecule has 0 spiro atoms. The van der Waals surface area contributed by atoms with E-state index in [1.165, 1.54) is 15.9 Å². The van der Waals surface area contributed by atoms with Crippen LogP contribution >= 0.6 is 7.92 Å². The molecule has 0 aliphatic heterocycles. The van der Waals surface area contributed by atoms with Crippen molar-refractivity contribution in [1.82, 2.24) is 0 Å². The maximum Gasteiger partial charge on any atom is 0.0765 e. The molecular formula is C19H18OP. The average molecular weight is 293 g/mol. The minimum absolute atomic E-state index is 0.438. The summed E-state index contributed by atoms with van der Waals surface area (Å²) in [4.78, 5) is 0. The van der Waals surface area contributed by atoms with E-state index < -0.39 is 14.0 Å². The highest BCUT2D eigenvalue weighted by Crippen LogP contribution is 2.49. The lowest BCUT2D eigenvalue weighted by molar-refractivity contribution is 0.235. The smallest absolute Gasteiger partial charge is 0.0765 e. The Balaban J connectivity index is 2.08. The fourth-order valence-electron chi connectivity index (χ4n) is 2.56. The molecule has 2 aromatic rings. The number of allylic oxidation sites excluding steroid dienone is 2. The SMILES string of the molecule is C[C@@H](O)C1=C[CH]C=C1P(c1ccccc1)c1ccccc1. The van der Waals surface area contributed by atoms with Crippen LogP contribution in [-0.2, 0) is 0 Å². The molecule has 0 saturated heterocycles. The van der Waals surface area contributed by atoms with Gasteiger partial charge in [0.2, 0.25) is 0 Å². The van der Waals surface area contributed by atoms with Crippen LogP contribution in [0.3, 0.4) is 0 Å². The standard InChI is InChI=1S/C19H18OP/c1-15(20)18-13-8-14-19(18)21(16-9-4-2-5-10-16)17-11-6-3-7-12-17/h2-15,20H,1H3/t15-/m1/s1. The lowest BCUT2D eigenvalue weighted by Gasteiger charge is -2.23. The second kappa shape index (κ2) is 6.39. The third kappa shape index (κ3) is 3.00. The van der Waals surface area contributed by atoms with Gasteiger partial charge in [0.25, 0.3) is 0 Å². The van der Waals surface area contributed by atoms with Gasteiger partial charge in [-0.25, -0.2) is 0 Å². The fourth-order valence-corrected chi connectivity index (χ4v) is 5.11. The Morgan fingerprint density at radius 2 is 1.33 bits per heavy atom. The first kappa shape index (κ1) is 14.3. The first-order valence-electron chi connectivity index (χ1n) is 7.11. The fraction of sp³-hybridized carbons (Fsp3) is 0.105. The molecule has 0 unspecified atom stereocenters. The Labute approximate surface area is 127 Å².